The van der Waals surface area contributed by atoms with Crippen LogP contribution in [0.4, 0.5) is 11.4 Å². The van der Waals surface area contributed by atoms with Gasteiger partial charge >= 0.3 is 0 Å². The van der Waals surface area contributed by atoms with Gasteiger partial charge in [0.05, 0.1) is 11.3 Å². The molecule has 3 N–H and O–H groups in total. The second kappa shape index (κ2) is 16.2. The van der Waals surface area contributed by atoms with Crippen molar-refractivity contribution in [2.24, 2.45) is 0 Å². The third-order valence-corrected chi connectivity index (χ3v) is 5.50. The van der Waals surface area contributed by atoms with Crippen LogP contribution in [0.15, 0.2) is 84.7 Å². The number of aliphatic hydroxyl groups is 1. The van der Waals surface area contributed by atoms with Gasteiger partial charge in [-0.15, -0.1) is 6.58 Å². The van der Waals surface area contributed by atoms with Crippen LogP contribution in [-0.4, -0.2) is 18.1 Å². The van der Waals surface area contributed by atoms with E-state index in [-0.39, 0.29) is 11.7 Å². The van der Waals surface area contributed by atoms with Crippen LogP contribution in [0.1, 0.15) is 63.6 Å². The first-order valence-corrected chi connectivity index (χ1v) is 12.4. The second-order valence-corrected chi connectivity index (χ2v) is 7.98. The second-order valence-electron chi connectivity index (χ2n) is 7.98. The fourth-order valence-electron chi connectivity index (χ4n) is 3.52. The highest BCUT2D eigenvalue weighted by Gasteiger charge is 2.12. The Morgan fingerprint density at radius 2 is 1.80 bits per heavy atom. The van der Waals surface area contributed by atoms with E-state index in [0.717, 1.165) is 23.4 Å². The Bertz CT molecular complexity index is 1040. The first kappa shape index (κ1) is 29.5. The maximum absolute atomic E-state index is 12.0. The van der Waals surface area contributed by atoms with E-state index >= 15 is 0 Å². The summed E-state index contributed by atoms with van der Waals surface area (Å²) in [6, 6.07) is 14.5. The molecule has 0 radical (unpaired) electrons. The van der Waals surface area contributed by atoms with E-state index in [1.165, 1.54) is 36.5 Å². The molecule has 0 fully saturated rings. The minimum Gasteiger partial charge on any atom is -0.512 e. The number of nitrogens with one attached hydrogen (secondary N) is 2. The van der Waals surface area contributed by atoms with Gasteiger partial charge in [-0.05, 0) is 73.9 Å². The van der Waals surface area contributed by atoms with Gasteiger partial charge in [0.1, 0.15) is 0 Å². The summed E-state index contributed by atoms with van der Waals surface area (Å²) < 4.78 is 0. The molecular weight excluding hydrogens is 432 g/mol. The fraction of sp³-hybridized carbons (Fsp3) is 0.323. The average Bonchev–Trinajstić information content (AvgIpc) is 2.88. The van der Waals surface area contributed by atoms with Crippen LogP contribution in [0.25, 0.3) is 5.57 Å². The summed E-state index contributed by atoms with van der Waals surface area (Å²) in [6.45, 7) is 13.0. The molecular formula is C31H42N2O2. The summed E-state index contributed by atoms with van der Waals surface area (Å²) in [7, 11) is 1.82. The zero-order chi connectivity index (χ0) is 26.2. The van der Waals surface area contributed by atoms with E-state index in [9.17, 15) is 9.90 Å². The lowest BCUT2D eigenvalue weighted by molar-refractivity contribution is -0.113. The number of benzene rings is 2. The summed E-state index contributed by atoms with van der Waals surface area (Å²) >= 11 is 0. The van der Waals surface area contributed by atoms with E-state index in [1.54, 1.807) is 0 Å². The van der Waals surface area contributed by atoms with Crippen molar-refractivity contribution in [2.75, 3.05) is 17.7 Å². The van der Waals surface area contributed by atoms with Gasteiger partial charge in [-0.1, -0.05) is 75.4 Å². The monoisotopic (exact) mass is 474 g/mol. The Labute approximate surface area is 212 Å². The average molecular weight is 475 g/mol. The number of carbonyl (C=O) groups excluding carboxylic acids is 1. The smallest absolute Gasteiger partial charge is 0.254 e. The maximum atomic E-state index is 12.0. The molecule has 4 nitrogen and oxygen atoms in total. The van der Waals surface area contributed by atoms with Crippen LogP contribution in [0.3, 0.4) is 0 Å². The topological polar surface area (TPSA) is 61.4 Å². The number of hydrogen-bond donors (Lipinski definition) is 3. The van der Waals surface area contributed by atoms with Crippen LogP contribution < -0.4 is 10.6 Å². The van der Waals surface area contributed by atoms with Crippen LogP contribution in [0, 0.1) is 6.92 Å². The molecule has 188 valence electrons. The molecule has 4 heteroatoms. The molecule has 0 unspecified atom stereocenters. The van der Waals surface area contributed by atoms with E-state index in [1.807, 2.05) is 59.0 Å². The van der Waals surface area contributed by atoms with Crippen LogP contribution in [0.5, 0.6) is 0 Å². The Kier molecular flexibility index (Phi) is 13.6. The predicted octanol–water partition coefficient (Wildman–Crippen LogP) is 8.39. The lowest BCUT2D eigenvalue weighted by atomic mass is 9.98. The Hall–Kier alpha value is -3.53. The fourth-order valence-corrected chi connectivity index (χ4v) is 3.52. The van der Waals surface area contributed by atoms with Gasteiger partial charge in [0.2, 0.25) is 0 Å². The van der Waals surface area contributed by atoms with Gasteiger partial charge < -0.3 is 15.7 Å². The molecule has 2 aromatic rings. The summed E-state index contributed by atoms with van der Waals surface area (Å²) in [5.74, 6) is -0.189. The number of allylic oxidation sites excluding steroid dienone is 6. The standard InChI is InChI=1S/C15H16.C14H20N2O2.C2H6/c1-2-6-13-9-11-15(12-10-13)14-7-4-3-5-8-14;1-5-12(10(3)17)14(18)16-13-8-11(15-4)7-6-9(13)2;1-2/h2,4,7-12H,1,3,5-6H2;6-8,15,17H,5H2,1-4H3,(H,16,18);1-2H3/b;12-10+;. The molecule has 0 aliphatic heterocycles. The molecule has 0 spiro atoms. The first-order chi connectivity index (χ1) is 16.9. The van der Waals surface area contributed by atoms with Crippen molar-refractivity contribution >= 4 is 22.9 Å². The van der Waals surface area contributed by atoms with Crippen molar-refractivity contribution in [2.45, 2.75) is 60.3 Å². The van der Waals surface area contributed by atoms with Gasteiger partial charge in [0, 0.05) is 18.4 Å². The van der Waals surface area contributed by atoms with Crippen LogP contribution >= 0.6 is 0 Å². The zero-order valence-corrected chi connectivity index (χ0v) is 22.2. The van der Waals surface area contributed by atoms with Gasteiger partial charge in [0.25, 0.3) is 5.91 Å². The minimum atomic E-state index is -0.256. The number of aliphatic hydroxyl groups excluding tert-OH is 1. The number of hydrogen-bond acceptors (Lipinski definition) is 3. The maximum Gasteiger partial charge on any atom is 0.254 e. The van der Waals surface area contributed by atoms with Crippen molar-refractivity contribution in [1.29, 1.82) is 0 Å². The number of anilines is 2. The predicted molar refractivity (Wildman–Crippen MR) is 153 cm³/mol. The largest absolute Gasteiger partial charge is 0.512 e. The zero-order valence-electron chi connectivity index (χ0n) is 22.2. The lowest BCUT2D eigenvalue weighted by Gasteiger charge is -2.12. The summed E-state index contributed by atoms with van der Waals surface area (Å²) in [5.41, 5.74) is 7.06. The molecule has 1 aliphatic rings. The van der Waals surface area contributed by atoms with Gasteiger partial charge in [0.15, 0.2) is 0 Å². The van der Waals surface area contributed by atoms with Crippen molar-refractivity contribution in [3.8, 4) is 0 Å². The quantitative estimate of drug-likeness (QED) is 0.214. The number of carbonyl (C=O) groups is 1. The molecule has 2 aromatic carbocycles. The molecule has 0 saturated heterocycles. The molecule has 35 heavy (non-hydrogen) atoms. The summed E-state index contributed by atoms with van der Waals surface area (Å²) in [5, 5.41) is 15.3. The Morgan fingerprint density at radius 3 is 2.31 bits per heavy atom. The van der Waals surface area contributed by atoms with E-state index in [2.05, 4.69) is 59.7 Å². The lowest BCUT2D eigenvalue weighted by Crippen LogP contribution is -2.16. The van der Waals surface area contributed by atoms with E-state index < -0.39 is 0 Å². The number of amides is 1. The number of aryl methyl sites for hydroxylation is 1. The number of rotatable bonds is 7. The summed E-state index contributed by atoms with van der Waals surface area (Å²) in [6.07, 6.45) is 12.5. The molecule has 0 heterocycles. The normalized spacial score (nSPS) is 12.6. The van der Waals surface area contributed by atoms with Crippen LogP contribution in [-0.2, 0) is 11.2 Å². The summed E-state index contributed by atoms with van der Waals surface area (Å²) in [4.78, 5) is 12.0. The highest BCUT2D eigenvalue weighted by Crippen LogP contribution is 2.22. The van der Waals surface area contributed by atoms with Crippen molar-refractivity contribution < 1.29 is 9.90 Å². The third kappa shape index (κ3) is 9.70. The van der Waals surface area contributed by atoms with Gasteiger partial charge in [-0.2, -0.15) is 0 Å². The van der Waals surface area contributed by atoms with Gasteiger partial charge in [-0.25, -0.2) is 0 Å². The third-order valence-electron chi connectivity index (χ3n) is 5.50. The van der Waals surface area contributed by atoms with Crippen molar-refractivity contribution in [1.82, 2.24) is 0 Å². The molecule has 1 aliphatic carbocycles. The van der Waals surface area contributed by atoms with Crippen LogP contribution in [0.2, 0.25) is 0 Å². The Balaban J connectivity index is 0.000000331. The first-order valence-electron chi connectivity index (χ1n) is 12.4. The minimum absolute atomic E-state index is 0.0671. The highest BCUT2D eigenvalue weighted by atomic mass is 16.3. The molecule has 0 aromatic heterocycles. The van der Waals surface area contributed by atoms with Crippen molar-refractivity contribution in [3.05, 3.63) is 101 Å². The molecule has 3 rings (SSSR count). The van der Waals surface area contributed by atoms with E-state index in [0.29, 0.717) is 12.0 Å². The van der Waals surface area contributed by atoms with E-state index in [4.69, 9.17) is 0 Å². The molecule has 0 saturated carbocycles. The Morgan fingerprint density at radius 1 is 1.11 bits per heavy atom. The molecule has 0 atom stereocenters. The SMILES string of the molecule is C=CCc1ccc(C2=CCCC=C2)cc1.CC.CC/C(C(=O)Nc1cc(NC)ccc1C)=C(/C)O. The van der Waals surface area contributed by atoms with Gasteiger partial charge in [-0.3, -0.25) is 4.79 Å². The van der Waals surface area contributed by atoms with Crippen molar-refractivity contribution in [3.63, 3.8) is 0 Å². The molecule has 0 bridgehead atoms. The molecule has 1 amide bonds. The highest BCUT2D eigenvalue weighted by molar-refractivity contribution is 6.04.